The third-order valence-corrected chi connectivity index (χ3v) is 8.13. The number of rotatable bonds is 13. The fourth-order valence-corrected chi connectivity index (χ4v) is 5.64. The highest BCUT2D eigenvalue weighted by Gasteiger charge is 2.55. The van der Waals surface area contributed by atoms with Gasteiger partial charge >= 0.3 is 7.60 Å². The van der Waals surface area contributed by atoms with Crippen LogP contribution in [-0.2, 0) is 52.4 Å². The predicted octanol–water partition coefficient (Wildman–Crippen LogP) is 5.58. The van der Waals surface area contributed by atoms with Gasteiger partial charge in [0.1, 0.15) is 18.3 Å². The maximum absolute atomic E-state index is 13.5. The third-order valence-electron chi connectivity index (χ3n) is 6.07. The van der Waals surface area contributed by atoms with Crippen LogP contribution in [-0.4, -0.2) is 45.0 Å². The lowest BCUT2D eigenvalue weighted by atomic mass is 10.1. The molecule has 1 aliphatic rings. The minimum atomic E-state index is -3.65. The largest absolute Gasteiger partial charge is 0.374 e. The van der Waals surface area contributed by atoms with E-state index < -0.39 is 31.8 Å². The summed E-state index contributed by atoms with van der Waals surface area (Å²) >= 11 is 0. The number of benzene rings is 3. The van der Waals surface area contributed by atoms with Gasteiger partial charge in [-0.15, -0.1) is 0 Å². The van der Waals surface area contributed by atoms with Gasteiger partial charge in [0.2, 0.25) is 0 Å². The van der Waals surface area contributed by atoms with Crippen LogP contribution in [0.4, 0.5) is 0 Å². The van der Waals surface area contributed by atoms with E-state index in [1.807, 2.05) is 91.0 Å². The summed E-state index contributed by atoms with van der Waals surface area (Å²) in [6.07, 6.45) is -1.81. The molecule has 1 fully saturated rings. The summed E-state index contributed by atoms with van der Waals surface area (Å²) in [5.41, 5.74) is 3.03. The molecule has 1 aliphatic heterocycles. The van der Waals surface area contributed by atoms with Gasteiger partial charge in [0, 0.05) is 14.2 Å². The fraction of sp³-hybridized carbons (Fsp3) is 0.357. The van der Waals surface area contributed by atoms with Crippen molar-refractivity contribution in [1.29, 1.82) is 0 Å². The number of ether oxygens (including phenoxy) is 4. The van der Waals surface area contributed by atoms with Gasteiger partial charge in [0.15, 0.2) is 5.85 Å². The Hall–Kier alpha value is -2.35. The van der Waals surface area contributed by atoms with Crippen molar-refractivity contribution in [2.75, 3.05) is 20.8 Å². The fourth-order valence-electron chi connectivity index (χ4n) is 4.16. The summed E-state index contributed by atoms with van der Waals surface area (Å²) in [6.45, 7) is 1.27. The summed E-state index contributed by atoms with van der Waals surface area (Å²) in [4.78, 5) is 0. The maximum Gasteiger partial charge on any atom is 0.361 e. The molecule has 0 N–H and O–H groups in total. The van der Waals surface area contributed by atoms with E-state index in [4.69, 9.17) is 28.0 Å². The van der Waals surface area contributed by atoms with Gasteiger partial charge < -0.3 is 28.0 Å². The van der Waals surface area contributed by atoms with Crippen LogP contribution in [0.2, 0.25) is 0 Å². The second kappa shape index (κ2) is 13.3. The van der Waals surface area contributed by atoms with Gasteiger partial charge in [-0.2, -0.15) is 0 Å². The monoisotopic (exact) mass is 512 g/mol. The standard InChI is InChI=1S/C28H33O7P/c1-30-36(29,31-2)28-27(34-20-24-16-10-5-11-17-24)26(33-19-23-14-8-4-9-15-23)25(35-28)21-32-18-22-12-6-3-7-13-22/h3-17,25-28H,18-21H2,1-2H3/t25-,26-,27+,28+/m1/s1. The lowest BCUT2D eigenvalue weighted by Gasteiger charge is -2.27. The summed E-state index contributed by atoms with van der Waals surface area (Å²) in [5.74, 6) is -0.970. The van der Waals surface area contributed by atoms with E-state index in [9.17, 15) is 4.57 Å². The van der Waals surface area contributed by atoms with Crippen LogP contribution in [0.25, 0.3) is 0 Å². The predicted molar refractivity (Wildman–Crippen MR) is 136 cm³/mol. The molecule has 0 saturated carbocycles. The van der Waals surface area contributed by atoms with E-state index in [-0.39, 0.29) is 6.61 Å². The minimum Gasteiger partial charge on any atom is -0.374 e. The quantitative estimate of drug-likeness (QED) is 0.277. The molecule has 3 aromatic carbocycles. The summed E-state index contributed by atoms with van der Waals surface area (Å²) in [7, 11) is -0.953. The Kier molecular flexibility index (Phi) is 9.84. The first kappa shape index (κ1) is 26.7. The van der Waals surface area contributed by atoms with Gasteiger partial charge in [0.05, 0.1) is 26.4 Å². The average Bonchev–Trinajstić information content (AvgIpc) is 3.29. The van der Waals surface area contributed by atoms with Gasteiger partial charge in [-0.05, 0) is 16.7 Å². The summed E-state index contributed by atoms with van der Waals surface area (Å²) in [5, 5.41) is 0. The summed E-state index contributed by atoms with van der Waals surface area (Å²) < 4.78 is 49.0. The van der Waals surface area contributed by atoms with Crippen molar-refractivity contribution in [2.24, 2.45) is 0 Å². The molecular weight excluding hydrogens is 479 g/mol. The Bertz CT molecular complexity index is 1070. The average molecular weight is 513 g/mol. The lowest BCUT2D eigenvalue weighted by Crippen LogP contribution is -2.39. The van der Waals surface area contributed by atoms with Gasteiger partial charge in [-0.25, -0.2) is 0 Å². The SMILES string of the molecule is COP(=O)(OC)[C@@H]1O[C@H](COCc2ccccc2)[C@@H](OCc2ccccc2)[C@@H]1OCc1ccccc1. The smallest absolute Gasteiger partial charge is 0.361 e. The normalized spacial score (nSPS) is 22.1. The first-order chi connectivity index (χ1) is 17.6. The zero-order valence-corrected chi connectivity index (χ0v) is 21.5. The molecule has 1 saturated heterocycles. The highest BCUT2D eigenvalue weighted by molar-refractivity contribution is 7.54. The molecule has 0 unspecified atom stereocenters. The molecule has 0 aromatic heterocycles. The van der Waals surface area contributed by atoms with Crippen LogP contribution < -0.4 is 0 Å². The first-order valence-corrected chi connectivity index (χ1v) is 13.5. The molecule has 8 heteroatoms. The molecule has 0 amide bonds. The van der Waals surface area contributed by atoms with E-state index in [2.05, 4.69) is 0 Å². The Morgan fingerprint density at radius 3 is 1.58 bits per heavy atom. The Labute approximate surface area is 212 Å². The van der Waals surface area contributed by atoms with E-state index in [1.54, 1.807) is 0 Å². The van der Waals surface area contributed by atoms with Crippen LogP contribution >= 0.6 is 7.60 Å². The van der Waals surface area contributed by atoms with Crippen LogP contribution in [0, 0.1) is 0 Å². The molecule has 0 radical (unpaired) electrons. The van der Waals surface area contributed by atoms with Crippen molar-refractivity contribution in [2.45, 2.75) is 44.0 Å². The van der Waals surface area contributed by atoms with Crippen LogP contribution in [0.15, 0.2) is 91.0 Å². The lowest BCUT2D eigenvalue weighted by molar-refractivity contribution is -0.0896. The van der Waals surface area contributed by atoms with Crippen LogP contribution in [0.3, 0.4) is 0 Å². The molecule has 1 heterocycles. The Balaban J connectivity index is 1.54. The minimum absolute atomic E-state index is 0.226. The molecular formula is C28H33O7P. The van der Waals surface area contributed by atoms with Crippen molar-refractivity contribution in [3.8, 4) is 0 Å². The molecule has 4 rings (SSSR count). The topological polar surface area (TPSA) is 72.5 Å². The Morgan fingerprint density at radius 2 is 1.11 bits per heavy atom. The van der Waals surface area contributed by atoms with Gasteiger partial charge in [-0.3, -0.25) is 4.57 Å². The Morgan fingerprint density at radius 1 is 0.667 bits per heavy atom. The molecule has 4 atom stereocenters. The van der Waals surface area contributed by atoms with E-state index in [0.717, 1.165) is 16.7 Å². The van der Waals surface area contributed by atoms with Crippen molar-refractivity contribution in [3.05, 3.63) is 108 Å². The molecule has 36 heavy (non-hydrogen) atoms. The summed E-state index contributed by atoms with van der Waals surface area (Å²) in [6, 6.07) is 29.5. The third kappa shape index (κ3) is 6.90. The molecule has 0 spiro atoms. The zero-order chi connectivity index (χ0) is 25.2. The zero-order valence-electron chi connectivity index (χ0n) is 20.6. The first-order valence-electron chi connectivity index (χ1n) is 11.9. The van der Waals surface area contributed by atoms with Crippen molar-refractivity contribution in [1.82, 2.24) is 0 Å². The highest BCUT2D eigenvalue weighted by atomic mass is 31.2. The second-order valence-corrected chi connectivity index (χ2v) is 10.8. The van der Waals surface area contributed by atoms with Crippen LogP contribution in [0.5, 0.6) is 0 Å². The highest BCUT2D eigenvalue weighted by Crippen LogP contribution is 2.57. The molecule has 3 aromatic rings. The van der Waals surface area contributed by atoms with Gasteiger partial charge in [0.25, 0.3) is 0 Å². The molecule has 0 aliphatic carbocycles. The molecule has 7 nitrogen and oxygen atoms in total. The number of hydrogen-bond acceptors (Lipinski definition) is 7. The van der Waals surface area contributed by atoms with Gasteiger partial charge in [-0.1, -0.05) is 91.0 Å². The molecule has 0 bridgehead atoms. The van der Waals surface area contributed by atoms with E-state index in [1.165, 1.54) is 14.2 Å². The van der Waals surface area contributed by atoms with Crippen molar-refractivity contribution >= 4 is 7.60 Å². The van der Waals surface area contributed by atoms with Crippen LogP contribution in [0.1, 0.15) is 16.7 Å². The van der Waals surface area contributed by atoms with E-state index in [0.29, 0.717) is 19.8 Å². The van der Waals surface area contributed by atoms with Crippen molar-refractivity contribution < 1.29 is 32.6 Å². The van der Waals surface area contributed by atoms with E-state index >= 15 is 0 Å². The maximum atomic E-state index is 13.5. The molecule has 192 valence electrons. The second-order valence-electron chi connectivity index (χ2n) is 8.49. The number of hydrogen-bond donors (Lipinski definition) is 0. The van der Waals surface area contributed by atoms with Crippen molar-refractivity contribution in [3.63, 3.8) is 0 Å².